The van der Waals surface area contributed by atoms with Crippen molar-refractivity contribution in [3.63, 3.8) is 0 Å². The number of likely N-dealkylation sites (N-methyl/N-ethyl adjacent to an activating group) is 1. The molecule has 1 aliphatic heterocycles. The highest BCUT2D eigenvalue weighted by atomic mass is 32.2. The molecule has 1 aliphatic rings. The van der Waals surface area contributed by atoms with Crippen molar-refractivity contribution in [2.24, 2.45) is 5.92 Å². The minimum atomic E-state index is -3.62. The van der Waals surface area contributed by atoms with Gasteiger partial charge in [0, 0.05) is 31.1 Å². The number of ether oxygens (including phenoxy) is 2. The van der Waals surface area contributed by atoms with Gasteiger partial charge in [-0.3, -0.25) is 0 Å². The lowest BCUT2D eigenvalue weighted by atomic mass is 9.90. The number of sulfonamides is 1. The van der Waals surface area contributed by atoms with Crippen LogP contribution in [-0.2, 0) is 32.6 Å². The maximum absolute atomic E-state index is 12.7. The molecule has 7 nitrogen and oxygen atoms in total. The van der Waals surface area contributed by atoms with Crippen LogP contribution in [0.1, 0.15) is 41.6 Å². The fourth-order valence-electron chi connectivity index (χ4n) is 5.52. The molecule has 0 bridgehead atoms. The van der Waals surface area contributed by atoms with Gasteiger partial charge in [0.25, 0.3) is 0 Å². The Hall–Kier alpha value is -3.63. The van der Waals surface area contributed by atoms with Crippen LogP contribution in [0.25, 0.3) is 11.1 Å². The number of hydrogen-bond acceptors (Lipinski definition) is 6. The standard InChI is InChI=1S/C36H40N2O5S/c1-4-20-38(3)24-34-26(2)35(29-18-16-27(25-39)17-19-29)43-36(42-34)32-13-9-12-31(22-32)30-11-8-10-28(21-30)23-37-44(40,41)33-14-6-5-7-15-33/h4-19,21-22,26,34-37,39H,1,20,23-25H2,2-3H3. The third-order valence-corrected chi connectivity index (χ3v) is 9.41. The summed E-state index contributed by atoms with van der Waals surface area (Å²) < 4.78 is 41.4. The minimum absolute atomic E-state index is 0.00500. The smallest absolute Gasteiger partial charge is 0.240 e. The summed E-state index contributed by atoms with van der Waals surface area (Å²) in [6, 6.07) is 32.2. The summed E-state index contributed by atoms with van der Waals surface area (Å²) in [4.78, 5) is 2.43. The summed E-state index contributed by atoms with van der Waals surface area (Å²) in [5.74, 6) is 0.0815. The number of aliphatic hydroxyl groups is 1. The average molecular weight is 613 g/mol. The van der Waals surface area contributed by atoms with Crippen molar-refractivity contribution >= 4 is 10.0 Å². The molecule has 230 valence electrons. The van der Waals surface area contributed by atoms with Crippen LogP contribution in [0.15, 0.2) is 121 Å². The Bertz CT molecular complexity index is 1640. The lowest BCUT2D eigenvalue weighted by Gasteiger charge is -2.42. The summed E-state index contributed by atoms with van der Waals surface area (Å²) in [7, 11) is -1.56. The van der Waals surface area contributed by atoms with Gasteiger partial charge in [0.15, 0.2) is 6.29 Å². The number of aliphatic hydroxyl groups excluding tert-OH is 1. The van der Waals surface area contributed by atoms with Gasteiger partial charge in [-0.05, 0) is 59.1 Å². The van der Waals surface area contributed by atoms with Gasteiger partial charge in [-0.1, -0.05) is 91.9 Å². The van der Waals surface area contributed by atoms with E-state index >= 15 is 0 Å². The highest BCUT2D eigenvalue weighted by Gasteiger charge is 2.38. The minimum Gasteiger partial charge on any atom is -0.392 e. The quantitative estimate of drug-likeness (QED) is 0.184. The van der Waals surface area contributed by atoms with Crippen LogP contribution in [0, 0.1) is 5.92 Å². The van der Waals surface area contributed by atoms with Crippen molar-refractivity contribution in [1.82, 2.24) is 9.62 Å². The van der Waals surface area contributed by atoms with E-state index in [0.29, 0.717) is 0 Å². The van der Waals surface area contributed by atoms with Gasteiger partial charge in [-0.2, -0.15) is 0 Å². The molecule has 2 N–H and O–H groups in total. The van der Waals surface area contributed by atoms with E-state index in [0.717, 1.165) is 46.5 Å². The van der Waals surface area contributed by atoms with Gasteiger partial charge >= 0.3 is 0 Å². The first-order valence-electron chi connectivity index (χ1n) is 14.8. The van der Waals surface area contributed by atoms with Gasteiger partial charge in [-0.15, -0.1) is 6.58 Å². The molecule has 4 aromatic carbocycles. The average Bonchev–Trinajstić information content (AvgIpc) is 3.05. The molecule has 4 atom stereocenters. The summed E-state index contributed by atoms with van der Waals surface area (Å²) in [5, 5.41) is 9.53. The van der Waals surface area contributed by atoms with Crippen LogP contribution in [0.4, 0.5) is 0 Å². The predicted molar refractivity (Wildman–Crippen MR) is 173 cm³/mol. The maximum atomic E-state index is 12.7. The molecule has 44 heavy (non-hydrogen) atoms. The van der Waals surface area contributed by atoms with Crippen molar-refractivity contribution in [3.8, 4) is 11.1 Å². The van der Waals surface area contributed by atoms with Gasteiger partial charge in [-0.25, -0.2) is 13.1 Å². The van der Waals surface area contributed by atoms with Crippen LogP contribution >= 0.6 is 0 Å². The van der Waals surface area contributed by atoms with Gasteiger partial charge in [0.1, 0.15) is 0 Å². The third-order valence-electron chi connectivity index (χ3n) is 7.99. The highest BCUT2D eigenvalue weighted by Crippen LogP contribution is 2.42. The Balaban J connectivity index is 1.38. The van der Waals surface area contributed by atoms with Crippen LogP contribution in [0.3, 0.4) is 0 Å². The fraction of sp³-hybridized carbons (Fsp3) is 0.278. The maximum Gasteiger partial charge on any atom is 0.240 e. The van der Waals surface area contributed by atoms with Crippen LogP contribution < -0.4 is 4.72 Å². The van der Waals surface area contributed by atoms with E-state index in [4.69, 9.17) is 9.47 Å². The second kappa shape index (κ2) is 14.4. The van der Waals surface area contributed by atoms with E-state index in [9.17, 15) is 13.5 Å². The zero-order valence-electron chi connectivity index (χ0n) is 25.2. The van der Waals surface area contributed by atoms with E-state index in [2.05, 4.69) is 36.2 Å². The summed E-state index contributed by atoms with van der Waals surface area (Å²) in [6.07, 6.45) is 1.01. The first kappa shape index (κ1) is 31.8. The molecule has 0 aliphatic carbocycles. The topological polar surface area (TPSA) is 88.1 Å². The van der Waals surface area contributed by atoms with Gasteiger partial charge < -0.3 is 19.5 Å². The normalized spacial score (nSPS) is 20.5. The van der Waals surface area contributed by atoms with Crippen molar-refractivity contribution in [2.75, 3.05) is 20.1 Å². The number of hydrogen-bond donors (Lipinski definition) is 2. The second-order valence-corrected chi connectivity index (χ2v) is 13.1. The van der Waals surface area contributed by atoms with Crippen molar-refractivity contribution in [1.29, 1.82) is 0 Å². The zero-order valence-corrected chi connectivity index (χ0v) is 26.0. The summed E-state index contributed by atoms with van der Waals surface area (Å²) in [5.41, 5.74) is 5.59. The Morgan fingerprint density at radius 1 is 0.864 bits per heavy atom. The molecular formula is C36H40N2O5S. The Labute approximate surface area is 260 Å². The molecule has 0 saturated carbocycles. The Morgan fingerprint density at radius 2 is 1.57 bits per heavy atom. The SMILES string of the molecule is C=CCN(C)CC1OC(c2cccc(-c3cccc(CNS(=O)(=O)c4ccccc4)c3)c2)OC(c2ccc(CO)cc2)C1C. The number of nitrogens with one attached hydrogen (secondary N) is 1. The van der Waals surface area contributed by atoms with Gasteiger partial charge in [0.05, 0.1) is 23.7 Å². The molecule has 4 unspecified atom stereocenters. The molecule has 8 heteroatoms. The molecule has 0 spiro atoms. The molecular weight excluding hydrogens is 572 g/mol. The van der Waals surface area contributed by atoms with E-state index in [1.54, 1.807) is 30.3 Å². The molecule has 0 aromatic heterocycles. The Morgan fingerprint density at radius 3 is 2.27 bits per heavy atom. The van der Waals surface area contributed by atoms with Crippen molar-refractivity contribution in [3.05, 3.63) is 138 Å². The second-order valence-electron chi connectivity index (χ2n) is 11.3. The molecule has 1 saturated heterocycles. The van der Waals surface area contributed by atoms with Crippen molar-refractivity contribution < 1.29 is 23.0 Å². The molecule has 1 heterocycles. The van der Waals surface area contributed by atoms with Crippen LogP contribution in [0.2, 0.25) is 0 Å². The molecule has 0 amide bonds. The lowest BCUT2D eigenvalue weighted by Crippen LogP contribution is -2.43. The lowest BCUT2D eigenvalue weighted by molar-refractivity contribution is -0.275. The number of nitrogens with zero attached hydrogens (tertiary/aromatic N) is 1. The molecule has 0 radical (unpaired) electrons. The van der Waals surface area contributed by atoms with Gasteiger partial charge in [0.2, 0.25) is 10.0 Å². The Kier molecular flexibility index (Phi) is 10.4. The first-order valence-corrected chi connectivity index (χ1v) is 16.3. The fourth-order valence-corrected chi connectivity index (χ4v) is 6.56. The monoisotopic (exact) mass is 612 g/mol. The predicted octanol–water partition coefficient (Wildman–Crippen LogP) is 6.23. The summed E-state index contributed by atoms with van der Waals surface area (Å²) >= 11 is 0. The zero-order chi connectivity index (χ0) is 31.1. The van der Waals surface area contributed by atoms with Crippen LogP contribution in [0.5, 0.6) is 0 Å². The van der Waals surface area contributed by atoms with E-state index in [1.165, 1.54) is 0 Å². The highest BCUT2D eigenvalue weighted by molar-refractivity contribution is 7.89. The number of rotatable bonds is 12. The summed E-state index contributed by atoms with van der Waals surface area (Å²) in [6.45, 7) is 7.67. The number of benzene rings is 4. The first-order chi connectivity index (χ1) is 21.3. The largest absolute Gasteiger partial charge is 0.392 e. The van der Waals surface area contributed by atoms with Crippen LogP contribution in [-0.4, -0.2) is 44.7 Å². The molecule has 4 aromatic rings. The van der Waals surface area contributed by atoms with Crippen molar-refractivity contribution in [2.45, 2.75) is 43.5 Å². The molecule has 5 rings (SSSR count). The van der Waals surface area contributed by atoms with E-state index < -0.39 is 16.3 Å². The van der Waals surface area contributed by atoms with E-state index in [1.807, 2.05) is 72.8 Å². The van der Waals surface area contributed by atoms with E-state index in [-0.39, 0.29) is 36.2 Å². The third kappa shape index (κ3) is 7.71. The molecule has 1 fully saturated rings.